The van der Waals surface area contributed by atoms with Crippen LogP contribution in [0.2, 0.25) is 18.1 Å². The summed E-state index contributed by atoms with van der Waals surface area (Å²) in [7, 11) is -2.32. The summed E-state index contributed by atoms with van der Waals surface area (Å²) in [6.07, 6.45) is -0.364. The summed E-state index contributed by atoms with van der Waals surface area (Å²) >= 11 is 0. The van der Waals surface area contributed by atoms with Gasteiger partial charge in [0.2, 0.25) is 5.91 Å². The molecule has 0 rings (SSSR count). The van der Waals surface area contributed by atoms with Crippen molar-refractivity contribution in [3.8, 4) is 0 Å². The predicted molar refractivity (Wildman–Crippen MR) is 87.2 cm³/mol. The van der Waals surface area contributed by atoms with Crippen molar-refractivity contribution >= 4 is 26.1 Å². The molecule has 0 aromatic carbocycles. The van der Waals surface area contributed by atoms with Crippen LogP contribution in [-0.2, 0) is 14.4 Å². The minimum atomic E-state index is -2.32. The van der Waals surface area contributed by atoms with Crippen LogP contribution in [0.3, 0.4) is 0 Å². The Hall–Kier alpha value is -1.63. The van der Waals surface area contributed by atoms with Gasteiger partial charge >= 0.3 is 11.9 Å². The van der Waals surface area contributed by atoms with Gasteiger partial charge < -0.3 is 14.8 Å². The second-order valence-corrected chi connectivity index (χ2v) is 10.6. The van der Waals surface area contributed by atoms with Crippen LogP contribution in [0.4, 0.5) is 0 Å². The number of nitrogens with zero attached hydrogens (tertiary/aromatic N) is 1. The molecule has 0 aromatic heterocycles. The molecular formula is C15H27NO5Si. The highest BCUT2D eigenvalue weighted by atomic mass is 28.3. The van der Waals surface area contributed by atoms with Crippen molar-refractivity contribution in [1.29, 1.82) is 0 Å². The number of carbonyl (C=O) groups excluding carboxylic acids is 1. The fourth-order valence-electron chi connectivity index (χ4n) is 2.78. The molecule has 0 saturated carbocycles. The molecule has 1 atom stereocenters. The minimum absolute atomic E-state index is 0.0849. The number of carboxylic acids is 2. The highest BCUT2D eigenvalue weighted by Crippen LogP contribution is 2.30. The van der Waals surface area contributed by atoms with Crippen molar-refractivity contribution in [3.05, 3.63) is 12.2 Å². The van der Waals surface area contributed by atoms with Gasteiger partial charge in [-0.2, -0.15) is 0 Å². The van der Waals surface area contributed by atoms with Gasteiger partial charge in [0.1, 0.15) is 6.04 Å². The van der Waals surface area contributed by atoms with Crippen LogP contribution in [0.5, 0.6) is 0 Å². The predicted octanol–water partition coefficient (Wildman–Crippen LogP) is 2.71. The van der Waals surface area contributed by atoms with Crippen LogP contribution in [-0.4, -0.2) is 46.9 Å². The van der Waals surface area contributed by atoms with Crippen LogP contribution in [0, 0.1) is 0 Å². The highest BCUT2D eigenvalue weighted by molar-refractivity contribution is 6.79. The third kappa shape index (κ3) is 4.69. The lowest BCUT2D eigenvalue weighted by Gasteiger charge is -2.44. The van der Waals surface area contributed by atoms with E-state index in [1.165, 1.54) is 4.57 Å². The smallest absolute Gasteiger partial charge is 0.325 e. The van der Waals surface area contributed by atoms with Crippen LogP contribution < -0.4 is 0 Å². The summed E-state index contributed by atoms with van der Waals surface area (Å²) < 4.78 is 1.49. The molecule has 0 aromatic rings. The Morgan fingerprint density at radius 1 is 1.09 bits per heavy atom. The third-order valence-corrected chi connectivity index (χ3v) is 9.78. The van der Waals surface area contributed by atoms with E-state index in [0.29, 0.717) is 0 Å². The maximum absolute atomic E-state index is 12.6. The number of amides is 1. The molecule has 1 amide bonds. The van der Waals surface area contributed by atoms with Gasteiger partial charge in [-0.05, 0) is 31.5 Å². The normalized spacial score (nSPS) is 12.5. The fourth-order valence-corrected chi connectivity index (χ4v) is 6.82. The van der Waals surface area contributed by atoms with Crippen LogP contribution in [0.15, 0.2) is 12.2 Å². The molecule has 0 aliphatic carbocycles. The lowest BCUT2D eigenvalue weighted by Crippen LogP contribution is -2.61. The van der Waals surface area contributed by atoms with Gasteiger partial charge in [0, 0.05) is 12.0 Å². The summed E-state index contributed by atoms with van der Waals surface area (Å²) in [5.41, 5.74) is 0.286. The molecule has 0 spiro atoms. The monoisotopic (exact) mass is 329 g/mol. The molecule has 0 heterocycles. The highest BCUT2D eigenvalue weighted by Gasteiger charge is 2.44. The van der Waals surface area contributed by atoms with E-state index >= 15 is 0 Å². The van der Waals surface area contributed by atoms with E-state index in [1.54, 1.807) is 6.92 Å². The molecule has 0 radical (unpaired) electrons. The van der Waals surface area contributed by atoms with E-state index in [9.17, 15) is 19.5 Å². The molecule has 0 aliphatic heterocycles. The second kappa shape index (κ2) is 8.72. The zero-order valence-electron chi connectivity index (χ0n) is 13.9. The topological polar surface area (TPSA) is 94.9 Å². The Labute approximate surface area is 132 Å². The third-order valence-electron chi connectivity index (χ3n) is 4.30. The first-order valence-electron chi connectivity index (χ1n) is 7.60. The summed E-state index contributed by atoms with van der Waals surface area (Å²) in [4.78, 5) is 35.1. The van der Waals surface area contributed by atoms with Gasteiger partial charge in [-0.3, -0.25) is 14.4 Å². The quantitative estimate of drug-likeness (QED) is 0.474. The molecule has 22 heavy (non-hydrogen) atoms. The standard InChI is InChI=1S/C15H27NO5Si/c1-6-22(7-2,8-3)16(14(19)11(4)5)12(15(20)21)9-10-13(17)18/h12H,4,6-10H2,1-3,5H3,(H,17,18)(H,20,21). The van der Waals surface area contributed by atoms with Crippen molar-refractivity contribution in [2.24, 2.45) is 0 Å². The minimum Gasteiger partial charge on any atom is -0.481 e. The molecule has 2 N–H and O–H groups in total. The van der Waals surface area contributed by atoms with E-state index in [4.69, 9.17) is 5.11 Å². The number of carbonyl (C=O) groups is 3. The number of rotatable bonds is 10. The van der Waals surface area contributed by atoms with Crippen molar-refractivity contribution in [2.75, 3.05) is 0 Å². The molecule has 0 saturated heterocycles. The Bertz CT molecular complexity index is 437. The van der Waals surface area contributed by atoms with Gasteiger partial charge in [-0.25, -0.2) is 0 Å². The van der Waals surface area contributed by atoms with Crippen molar-refractivity contribution < 1.29 is 24.6 Å². The van der Waals surface area contributed by atoms with Crippen LogP contribution in [0.1, 0.15) is 40.5 Å². The molecule has 6 nitrogen and oxygen atoms in total. The zero-order chi connectivity index (χ0) is 17.5. The van der Waals surface area contributed by atoms with E-state index in [0.717, 1.165) is 18.1 Å². The van der Waals surface area contributed by atoms with E-state index in [-0.39, 0.29) is 24.3 Å². The van der Waals surface area contributed by atoms with Crippen LogP contribution in [0.25, 0.3) is 0 Å². The Kier molecular flexibility index (Phi) is 8.08. The summed E-state index contributed by atoms with van der Waals surface area (Å²) in [6.45, 7) is 11.1. The number of carboxylic acid groups (broad SMARTS) is 2. The molecule has 0 aliphatic rings. The van der Waals surface area contributed by atoms with E-state index in [2.05, 4.69) is 6.58 Å². The molecule has 0 bridgehead atoms. The molecule has 126 valence electrons. The first-order chi connectivity index (χ1) is 10.2. The van der Waals surface area contributed by atoms with Gasteiger partial charge in [0.25, 0.3) is 0 Å². The lowest BCUT2D eigenvalue weighted by molar-refractivity contribution is -0.146. The Morgan fingerprint density at radius 2 is 1.55 bits per heavy atom. The van der Waals surface area contributed by atoms with Crippen molar-refractivity contribution in [1.82, 2.24) is 4.57 Å². The number of hydrogen-bond donors (Lipinski definition) is 2. The molecule has 1 unspecified atom stereocenters. The zero-order valence-corrected chi connectivity index (χ0v) is 14.9. The SMILES string of the molecule is C=C(C)C(=O)N(C(CCC(=O)O)C(=O)O)[Si](CC)(CC)CC. The van der Waals surface area contributed by atoms with Crippen molar-refractivity contribution in [3.63, 3.8) is 0 Å². The first-order valence-corrected chi connectivity index (χ1v) is 10.2. The average Bonchev–Trinajstić information content (AvgIpc) is 2.46. The van der Waals surface area contributed by atoms with Gasteiger partial charge in [0.15, 0.2) is 8.24 Å². The maximum Gasteiger partial charge on any atom is 0.325 e. The van der Waals surface area contributed by atoms with Crippen LogP contribution >= 0.6 is 0 Å². The fraction of sp³-hybridized carbons (Fsp3) is 0.667. The maximum atomic E-state index is 12.6. The number of aliphatic carboxylic acids is 2. The second-order valence-electron chi connectivity index (χ2n) is 5.53. The molecular weight excluding hydrogens is 302 g/mol. The van der Waals surface area contributed by atoms with E-state index in [1.807, 2.05) is 20.8 Å². The lowest BCUT2D eigenvalue weighted by atomic mass is 10.1. The molecule has 0 fully saturated rings. The summed E-state index contributed by atoms with van der Waals surface area (Å²) in [6, 6.07) is 1.09. The molecule has 7 heteroatoms. The van der Waals surface area contributed by atoms with E-state index < -0.39 is 26.2 Å². The first kappa shape index (κ1) is 20.4. The Balaban J connectivity index is 5.89. The summed E-state index contributed by atoms with van der Waals surface area (Å²) in [5, 5.41) is 18.4. The van der Waals surface area contributed by atoms with Gasteiger partial charge in [-0.1, -0.05) is 27.4 Å². The largest absolute Gasteiger partial charge is 0.481 e. The number of hydrogen-bond acceptors (Lipinski definition) is 3. The van der Waals surface area contributed by atoms with Crippen molar-refractivity contribution in [2.45, 2.75) is 64.7 Å². The average molecular weight is 329 g/mol. The summed E-state index contributed by atoms with van der Waals surface area (Å²) in [5.74, 6) is -2.58. The Morgan fingerprint density at radius 3 is 1.82 bits per heavy atom. The van der Waals surface area contributed by atoms with Gasteiger partial charge in [-0.15, -0.1) is 0 Å². The van der Waals surface area contributed by atoms with Gasteiger partial charge in [0.05, 0.1) is 0 Å².